The molecule has 0 aromatic carbocycles. The Morgan fingerprint density at radius 3 is 2.55 bits per heavy atom. The lowest BCUT2D eigenvalue weighted by molar-refractivity contribution is 0.0909. The molecule has 2 heterocycles. The first-order valence-corrected chi connectivity index (χ1v) is 6.76. The highest BCUT2D eigenvalue weighted by Crippen LogP contribution is 2.12. The predicted octanol–water partition coefficient (Wildman–Crippen LogP) is 0.957. The molecule has 1 aliphatic rings. The third-order valence-electron chi connectivity index (χ3n) is 3.38. The molecule has 0 saturated carbocycles. The first-order valence-electron chi connectivity index (χ1n) is 6.76. The summed E-state index contributed by atoms with van der Waals surface area (Å²) in [7, 11) is 3.49. The van der Waals surface area contributed by atoms with Crippen LogP contribution in [0.2, 0.25) is 0 Å². The molecule has 1 aliphatic heterocycles. The van der Waals surface area contributed by atoms with Crippen molar-refractivity contribution in [1.82, 2.24) is 20.1 Å². The minimum atomic E-state index is -0.150. The van der Waals surface area contributed by atoms with E-state index in [0.29, 0.717) is 18.8 Å². The fraction of sp³-hybridized carbons (Fsp3) is 0.500. The van der Waals surface area contributed by atoms with E-state index < -0.39 is 0 Å². The average molecular weight is 276 g/mol. The summed E-state index contributed by atoms with van der Waals surface area (Å²) in [6.07, 6.45) is 3.16. The minimum Gasteiger partial charge on any atom is -0.348 e. The minimum absolute atomic E-state index is 0.0273. The summed E-state index contributed by atoms with van der Waals surface area (Å²) in [5.74, 6) is -0.150. The Kier molecular flexibility index (Phi) is 4.55. The third kappa shape index (κ3) is 3.46. The highest BCUT2D eigenvalue weighted by molar-refractivity contribution is 5.92. The van der Waals surface area contributed by atoms with Gasteiger partial charge in [-0.15, -0.1) is 0 Å². The summed E-state index contributed by atoms with van der Waals surface area (Å²) >= 11 is 0. The van der Waals surface area contributed by atoms with Crippen molar-refractivity contribution in [2.45, 2.75) is 18.9 Å². The number of urea groups is 1. The van der Waals surface area contributed by atoms with E-state index in [-0.39, 0.29) is 18.0 Å². The van der Waals surface area contributed by atoms with Gasteiger partial charge in [-0.1, -0.05) is 6.07 Å². The molecule has 6 nitrogen and oxygen atoms in total. The number of hydrogen-bond donors (Lipinski definition) is 1. The molecule has 1 N–H and O–H groups in total. The van der Waals surface area contributed by atoms with E-state index in [1.807, 2.05) is 4.90 Å². The van der Waals surface area contributed by atoms with Gasteiger partial charge in [0.05, 0.1) is 0 Å². The van der Waals surface area contributed by atoms with Crippen LogP contribution < -0.4 is 5.32 Å². The summed E-state index contributed by atoms with van der Waals surface area (Å²) in [6.45, 7) is 1.34. The number of carbonyl (C=O) groups is 2. The predicted molar refractivity (Wildman–Crippen MR) is 75.4 cm³/mol. The lowest BCUT2D eigenvalue weighted by Gasteiger charge is -2.33. The number of hydrogen-bond acceptors (Lipinski definition) is 3. The average Bonchev–Trinajstić information content (AvgIpc) is 2.48. The molecule has 1 aromatic heterocycles. The first kappa shape index (κ1) is 14.3. The van der Waals surface area contributed by atoms with Gasteiger partial charge in [0, 0.05) is 39.4 Å². The van der Waals surface area contributed by atoms with Crippen LogP contribution in [0.4, 0.5) is 4.79 Å². The highest BCUT2D eigenvalue weighted by Gasteiger charge is 2.24. The lowest BCUT2D eigenvalue weighted by Crippen LogP contribution is -2.49. The Hall–Kier alpha value is -2.11. The molecule has 6 heteroatoms. The van der Waals surface area contributed by atoms with Crippen LogP contribution in [0.1, 0.15) is 23.3 Å². The Balaban J connectivity index is 1.83. The zero-order chi connectivity index (χ0) is 14.5. The van der Waals surface area contributed by atoms with Gasteiger partial charge in [0.2, 0.25) is 0 Å². The normalized spacial score (nSPS) is 15.8. The monoisotopic (exact) mass is 276 g/mol. The maximum Gasteiger partial charge on any atom is 0.319 e. The van der Waals surface area contributed by atoms with E-state index in [9.17, 15) is 9.59 Å². The molecule has 0 spiro atoms. The van der Waals surface area contributed by atoms with Crippen molar-refractivity contribution in [1.29, 1.82) is 0 Å². The van der Waals surface area contributed by atoms with Gasteiger partial charge in [0.15, 0.2) is 0 Å². The second-order valence-corrected chi connectivity index (χ2v) is 5.13. The van der Waals surface area contributed by atoms with Gasteiger partial charge in [0.25, 0.3) is 5.91 Å². The Morgan fingerprint density at radius 2 is 2.00 bits per heavy atom. The molecular formula is C14H20N4O2. The van der Waals surface area contributed by atoms with Crippen molar-refractivity contribution >= 4 is 11.9 Å². The zero-order valence-corrected chi connectivity index (χ0v) is 11.9. The molecule has 1 aromatic rings. The van der Waals surface area contributed by atoms with E-state index >= 15 is 0 Å². The Labute approximate surface area is 118 Å². The van der Waals surface area contributed by atoms with Crippen molar-refractivity contribution < 1.29 is 9.59 Å². The SMILES string of the molecule is CN(C)C(=O)N1CCC(NC(=O)c2ccccn2)CC1. The topological polar surface area (TPSA) is 65.5 Å². The molecule has 0 unspecified atom stereocenters. The van der Waals surface area contributed by atoms with E-state index in [4.69, 9.17) is 0 Å². The molecule has 0 bridgehead atoms. The van der Waals surface area contributed by atoms with Crippen molar-refractivity contribution in [3.8, 4) is 0 Å². The van der Waals surface area contributed by atoms with Crippen LogP contribution in [-0.2, 0) is 0 Å². The summed E-state index contributed by atoms with van der Waals surface area (Å²) in [4.78, 5) is 31.2. The van der Waals surface area contributed by atoms with Crippen LogP contribution >= 0.6 is 0 Å². The second-order valence-electron chi connectivity index (χ2n) is 5.13. The molecule has 1 fully saturated rings. The van der Waals surface area contributed by atoms with Gasteiger partial charge in [-0.3, -0.25) is 9.78 Å². The maximum atomic E-state index is 12.0. The molecule has 3 amide bonds. The van der Waals surface area contributed by atoms with E-state index in [2.05, 4.69) is 10.3 Å². The van der Waals surface area contributed by atoms with E-state index in [1.54, 1.807) is 43.4 Å². The number of pyridine rings is 1. The number of rotatable bonds is 2. The summed E-state index contributed by atoms with van der Waals surface area (Å²) in [5.41, 5.74) is 0.430. The summed E-state index contributed by atoms with van der Waals surface area (Å²) in [6, 6.07) is 5.40. The Morgan fingerprint density at radius 1 is 1.30 bits per heavy atom. The van der Waals surface area contributed by atoms with E-state index in [1.165, 1.54) is 0 Å². The van der Waals surface area contributed by atoms with Crippen molar-refractivity contribution in [3.05, 3.63) is 30.1 Å². The summed E-state index contributed by atoms with van der Waals surface area (Å²) < 4.78 is 0. The first-order chi connectivity index (χ1) is 9.58. The third-order valence-corrected chi connectivity index (χ3v) is 3.38. The van der Waals surface area contributed by atoms with Gasteiger partial charge >= 0.3 is 6.03 Å². The molecule has 2 rings (SSSR count). The Bertz CT molecular complexity index is 467. The van der Waals surface area contributed by atoms with Gasteiger partial charge in [-0.2, -0.15) is 0 Å². The summed E-state index contributed by atoms with van der Waals surface area (Å²) in [5, 5.41) is 2.97. The fourth-order valence-corrected chi connectivity index (χ4v) is 2.25. The van der Waals surface area contributed by atoms with E-state index in [0.717, 1.165) is 12.8 Å². The van der Waals surface area contributed by atoms with Crippen molar-refractivity contribution in [2.75, 3.05) is 27.2 Å². The molecule has 0 aliphatic carbocycles. The number of carbonyl (C=O) groups excluding carboxylic acids is 2. The largest absolute Gasteiger partial charge is 0.348 e. The number of piperidine rings is 1. The number of aromatic nitrogens is 1. The maximum absolute atomic E-state index is 12.0. The van der Waals surface area contributed by atoms with Gasteiger partial charge < -0.3 is 15.1 Å². The number of nitrogens with one attached hydrogen (secondary N) is 1. The second kappa shape index (κ2) is 6.36. The number of nitrogens with zero attached hydrogens (tertiary/aromatic N) is 3. The van der Waals surface area contributed by atoms with Crippen LogP contribution in [0.15, 0.2) is 24.4 Å². The molecular weight excluding hydrogens is 256 g/mol. The molecule has 20 heavy (non-hydrogen) atoms. The van der Waals surface area contributed by atoms with Gasteiger partial charge in [-0.25, -0.2) is 4.79 Å². The molecule has 108 valence electrons. The highest BCUT2D eigenvalue weighted by atomic mass is 16.2. The van der Waals surface area contributed by atoms with Crippen LogP contribution in [0.3, 0.4) is 0 Å². The van der Waals surface area contributed by atoms with Crippen LogP contribution in [0, 0.1) is 0 Å². The van der Waals surface area contributed by atoms with Crippen LogP contribution in [0.25, 0.3) is 0 Å². The standard InChI is InChI=1S/C14H20N4O2/c1-17(2)14(20)18-9-6-11(7-10-18)16-13(19)12-5-3-4-8-15-12/h3-5,8,11H,6-7,9-10H2,1-2H3,(H,16,19). The van der Waals surface area contributed by atoms with Crippen molar-refractivity contribution in [2.24, 2.45) is 0 Å². The van der Waals surface area contributed by atoms with Crippen LogP contribution in [-0.4, -0.2) is 59.9 Å². The fourth-order valence-electron chi connectivity index (χ4n) is 2.25. The quantitative estimate of drug-likeness (QED) is 0.875. The zero-order valence-electron chi connectivity index (χ0n) is 11.9. The smallest absolute Gasteiger partial charge is 0.319 e. The molecule has 0 radical (unpaired) electrons. The van der Waals surface area contributed by atoms with Gasteiger partial charge in [0.1, 0.15) is 5.69 Å². The van der Waals surface area contributed by atoms with Crippen molar-refractivity contribution in [3.63, 3.8) is 0 Å². The molecule has 0 atom stereocenters. The van der Waals surface area contributed by atoms with Crippen LogP contribution in [0.5, 0.6) is 0 Å². The number of likely N-dealkylation sites (tertiary alicyclic amines) is 1. The number of amides is 3. The van der Waals surface area contributed by atoms with Gasteiger partial charge in [-0.05, 0) is 25.0 Å². The lowest BCUT2D eigenvalue weighted by atomic mass is 10.1. The molecule has 1 saturated heterocycles.